The van der Waals surface area contributed by atoms with Crippen LogP contribution in [0.5, 0.6) is 0 Å². The summed E-state index contributed by atoms with van der Waals surface area (Å²) in [6.07, 6.45) is 1.80. The van der Waals surface area contributed by atoms with Gasteiger partial charge in [0.2, 0.25) is 0 Å². The summed E-state index contributed by atoms with van der Waals surface area (Å²) in [5.41, 5.74) is 6.51. The first-order valence-electron chi connectivity index (χ1n) is 9.20. The average molecular weight is 376 g/mol. The molecule has 5 N–H and O–H groups in total. The van der Waals surface area contributed by atoms with Crippen LogP contribution < -0.4 is 11.1 Å². The Kier molecular flexibility index (Phi) is 4.70. The van der Waals surface area contributed by atoms with Gasteiger partial charge in [-0.2, -0.15) is 0 Å². The maximum Gasteiger partial charge on any atom is 0.252 e. The molecule has 1 amide bonds. The molecule has 2 aliphatic rings. The van der Waals surface area contributed by atoms with Crippen molar-refractivity contribution in [1.29, 1.82) is 0 Å². The van der Waals surface area contributed by atoms with Gasteiger partial charge in [0.25, 0.3) is 5.91 Å². The van der Waals surface area contributed by atoms with Gasteiger partial charge in [0.1, 0.15) is 24.1 Å². The Balaban J connectivity index is 1.50. The molecule has 4 atom stereocenters. The van der Waals surface area contributed by atoms with Gasteiger partial charge in [0.05, 0.1) is 6.33 Å². The summed E-state index contributed by atoms with van der Waals surface area (Å²) >= 11 is 0. The number of aliphatic hydroxyl groups excluding tert-OH is 2. The van der Waals surface area contributed by atoms with Crippen molar-refractivity contribution in [2.75, 3.05) is 5.73 Å². The van der Waals surface area contributed by atoms with Crippen molar-refractivity contribution in [2.45, 2.75) is 63.2 Å². The molecule has 0 spiro atoms. The zero-order valence-electron chi connectivity index (χ0n) is 15.0. The maximum absolute atomic E-state index is 12.6. The predicted octanol–water partition coefficient (Wildman–Crippen LogP) is -0.277. The van der Waals surface area contributed by atoms with Crippen LogP contribution in [0.15, 0.2) is 12.7 Å². The highest BCUT2D eigenvalue weighted by molar-refractivity contribution is 5.83. The molecule has 10 heteroatoms. The Hall–Kier alpha value is -2.30. The molecule has 4 rings (SSSR count). The number of carbonyl (C=O) groups excluding carboxylic acids is 1. The van der Waals surface area contributed by atoms with Crippen LogP contribution in [0.2, 0.25) is 0 Å². The molecule has 3 heterocycles. The van der Waals surface area contributed by atoms with E-state index in [0.29, 0.717) is 17.1 Å². The number of nitrogens with two attached hydrogens (primary N) is 1. The van der Waals surface area contributed by atoms with Crippen molar-refractivity contribution < 1.29 is 19.7 Å². The van der Waals surface area contributed by atoms with Gasteiger partial charge < -0.3 is 26.0 Å². The number of nitrogens with one attached hydrogen (secondary N) is 1. The Bertz CT molecular complexity index is 834. The van der Waals surface area contributed by atoms with Crippen molar-refractivity contribution in [1.82, 2.24) is 24.8 Å². The SMILES string of the molecule is CC1CCC(NC(=O)[C@H]2O[C@@H](n3cnc4c(N)ncnc43)[C@H](O)[C@@H]2O)CC1. The molecule has 1 aliphatic heterocycles. The lowest BCUT2D eigenvalue weighted by atomic mass is 9.87. The molecule has 0 aromatic carbocycles. The Labute approximate surface area is 155 Å². The number of nitrogens with zero attached hydrogens (tertiary/aromatic N) is 4. The molecule has 2 fully saturated rings. The summed E-state index contributed by atoms with van der Waals surface area (Å²) < 4.78 is 7.17. The van der Waals surface area contributed by atoms with E-state index in [9.17, 15) is 15.0 Å². The zero-order chi connectivity index (χ0) is 19.1. The van der Waals surface area contributed by atoms with E-state index in [1.54, 1.807) is 0 Å². The normalized spacial score (nSPS) is 34.0. The van der Waals surface area contributed by atoms with Crippen LogP contribution in [0, 0.1) is 5.92 Å². The highest BCUT2D eigenvalue weighted by Gasteiger charge is 2.48. The Morgan fingerprint density at radius 1 is 1.22 bits per heavy atom. The quantitative estimate of drug-likeness (QED) is 0.572. The summed E-state index contributed by atoms with van der Waals surface area (Å²) in [7, 11) is 0. The zero-order valence-corrected chi connectivity index (χ0v) is 15.0. The lowest BCUT2D eigenvalue weighted by Gasteiger charge is -2.28. The van der Waals surface area contributed by atoms with Crippen LogP contribution in [0.1, 0.15) is 38.8 Å². The minimum atomic E-state index is -1.35. The number of anilines is 1. The summed E-state index contributed by atoms with van der Waals surface area (Å²) in [5, 5.41) is 23.7. The summed E-state index contributed by atoms with van der Waals surface area (Å²) in [4.78, 5) is 24.7. The monoisotopic (exact) mass is 376 g/mol. The first-order chi connectivity index (χ1) is 13.0. The minimum Gasteiger partial charge on any atom is -0.387 e. The topological polar surface area (TPSA) is 148 Å². The number of amides is 1. The largest absolute Gasteiger partial charge is 0.387 e. The first-order valence-corrected chi connectivity index (χ1v) is 9.20. The number of hydrogen-bond donors (Lipinski definition) is 4. The predicted molar refractivity (Wildman–Crippen MR) is 95.2 cm³/mol. The van der Waals surface area contributed by atoms with Crippen LogP contribution in [-0.2, 0) is 9.53 Å². The molecule has 0 unspecified atom stereocenters. The van der Waals surface area contributed by atoms with Crippen LogP contribution in [0.25, 0.3) is 11.2 Å². The second-order valence-electron chi connectivity index (χ2n) is 7.48. The van der Waals surface area contributed by atoms with Crippen LogP contribution in [-0.4, -0.2) is 60.0 Å². The number of rotatable bonds is 3. The lowest BCUT2D eigenvalue weighted by Crippen LogP contribution is -2.47. The first kappa shape index (κ1) is 18.1. The smallest absolute Gasteiger partial charge is 0.252 e. The molecule has 10 nitrogen and oxygen atoms in total. The van der Waals surface area contributed by atoms with E-state index in [0.717, 1.165) is 25.7 Å². The molecule has 2 aromatic heterocycles. The second kappa shape index (κ2) is 7.02. The molecule has 1 saturated heterocycles. The number of nitrogen functional groups attached to an aromatic ring is 1. The fourth-order valence-electron chi connectivity index (χ4n) is 3.85. The van der Waals surface area contributed by atoms with Crippen molar-refractivity contribution in [2.24, 2.45) is 5.92 Å². The summed E-state index contributed by atoms with van der Waals surface area (Å²) in [6, 6.07) is 0.0716. The third-order valence-electron chi connectivity index (χ3n) is 5.52. The molecule has 27 heavy (non-hydrogen) atoms. The average Bonchev–Trinajstić information content (AvgIpc) is 3.20. The molecule has 2 aromatic rings. The molecule has 1 saturated carbocycles. The lowest BCUT2D eigenvalue weighted by molar-refractivity contribution is -0.138. The van der Waals surface area contributed by atoms with E-state index < -0.39 is 30.4 Å². The fourth-order valence-corrected chi connectivity index (χ4v) is 3.85. The molecule has 0 bridgehead atoms. The third kappa shape index (κ3) is 3.24. The van der Waals surface area contributed by atoms with Gasteiger partial charge >= 0.3 is 0 Å². The Morgan fingerprint density at radius 2 is 1.96 bits per heavy atom. The van der Waals surface area contributed by atoms with E-state index in [1.807, 2.05) is 0 Å². The number of ether oxygens (including phenoxy) is 1. The van der Waals surface area contributed by atoms with Crippen molar-refractivity contribution >= 4 is 22.9 Å². The van der Waals surface area contributed by atoms with E-state index in [1.165, 1.54) is 17.2 Å². The van der Waals surface area contributed by atoms with Crippen LogP contribution >= 0.6 is 0 Å². The molecule has 146 valence electrons. The van der Waals surface area contributed by atoms with Gasteiger partial charge in [-0.15, -0.1) is 0 Å². The number of fused-ring (bicyclic) bond motifs is 1. The van der Waals surface area contributed by atoms with Gasteiger partial charge in [-0.3, -0.25) is 9.36 Å². The number of aromatic nitrogens is 4. The van der Waals surface area contributed by atoms with Crippen molar-refractivity contribution in [3.63, 3.8) is 0 Å². The second-order valence-corrected chi connectivity index (χ2v) is 7.48. The number of hydrogen-bond acceptors (Lipinski definition) is 8. The molecule has 0 radical (unpaired) electrons. The molecule has 1 aliphatic carbocycles. The standard InChI is InChI=1S/C17H24N6O4/c1-8-2-4-9(5-3-8)22-16(26)13-11(24)12(25)17(27-13)23-7-21-10-14(18)19-6-20-15(10)23/h6-9,11-13,17,24-25H,2-5H2,1H3,(H,22,26)(H2,18,19,20)/t8?,9?,11-,12+,13-,17+/m0/s1. The highest BCUT2D eigenvalue weighted by Crippen LogP contribution is 2.32. The third-order valence-corrected chi connectivity index (χ3v) is 5.52. The highest BCUT2D eigenvalue weighted by atomic mass is 16.6. The summed E-state index contributed by atoms with van der Waals surface area (Å²) in [5.74, 6) is 0.455. The van der Waals surface area contributed by atoms with E-state index in [2.05, 4.69) is 27.2 Å². The minimum absolute atomic E-state index is 0.0716. The van der Waals surface area contributed by atoms with E-state index in [4.69, 9.17) is 10.5 Å². The molecular formula is C17H24N6O4. The summed E-state index contributed by atoms with van der Waals surface area (Å²) in [6.45, 7) is 2.20. The van der Waals surface area contributed by atoms with Crippen molar-refractivity contribution in [3.05, 3.63) is 12.7 Å². The van der Waals surface area contributed by atoms with Crippen molar-refractivity contribution in [3.8, 4) is 0 Å². The fraction of sp³-hybridized carbons (Fsp3) is 0.647. The number of carbonyl (C=O) groups is 1. The van der Waals surface area contributed by atoms with Gasteiger partial charge in [0, 0.05) is 6.04 Å². The van der Waals surface area contributed by atoms with Gasteiger partial charge in [0.15, 0.2) is 23.8 Å². The van der Waals surface area contributed by atoms with Gasteiger partial charge in [-0.1, -0.05) is 6.92 Å². The maximum atomic E-state index is 12.6. The van der Waals surface area contributed by atoms with Crippen LogP contribution in [0.4, 0.5) is 5.82 Å². The van der Waals surface area contributed by atoms with Crippen LogP contribution in [0.3, 0.4) is 0 Å². The van der Waals surface area contributed by atoms with E-state index in [-0.39, 0.29) is 11.9 Å². The number of imidazole rings is 1. The number of aliphatic hydroxyl groups is 2. The van der Waals surface area contributed by atoms with Gasteiger partial charge in [-0.25, -0.2) is 15.0 Å². The van der Waals surface area contributed by atoms with Gasteiger partial charge in [-0.05, 0) is 31.6 Å². The van der Waals surface area contributed by atoms with E-state index >= 15 is 0 Å². The molecular weight excluding hydrogens is 352 g/mol. The Morgan fingerprint density at radius 3 is 2.70 bits per heavy atom.